The Hall–Kier alpha value is -3.51. The van der Waals surface area contributed by atoms with Crippen LogP contribution in [0.25, 0.3) is 44.2 Å². The van der Waals surface area contributed by atoms with Crippen LogP contribution in [0.3, 0.4) is 0 Å². The minimum absolute atomic E-state index is 0.0604. The maximum absolute atomic E-state index is 11.4. The molecule has 29 heavy (non-hydrogen) atoms. The summed E-state index contributed by atoms with van der Waals surface area (Å²) in [5.74, 6) is 0. The molecule has 3 aromatic carbocycles. The zero-order valence-electron chi connectivity index (χ0n) is 15.1. The van der Waals surface area contributed by atoms with E-state index in [1.165, 1.54) is 6.07 Å². The van der Waals surface area contributed by atoms with Gasteiger partial charge in [0.2, 0.25) is 0 Å². The number of aromatic amines is 1. The van der Waals surface area contributed by atoms with Crippen molar-refractivity contribution in [1.29, 1.82) is 0 Å². The fraction of sp³-hybridized carbons (Fsp3) is 0. The van der Waals surface area contributed by atoms with E-state index in [9.17, 15) is 10.1 Å². The summed E-state index contributed by atoms with van der Waals surface area (Å²) in [5, 5.41) is 13.0. The molecule has 2 aromatic heterocycles. The van der Waals surface area contributed by atoms with Crippen LogP contribution in [0.5, 0.6) is 0 Å². The first-order chi connectivity index (χ1) is 14.1. The fourth-order valence-corrected chi connectivity index (χ4v) is 4.14. The van der Waals surface area contributed by atoms with Crippen LogP contribution in [0.15, 0.2) is 83.5 Å². The monoisotopic (exact) mass is 443 g/mol. The second-order valence-corrected chi connectivity index (χ2v) is 7.67. The number of nitrogens with one attached hydrogen (secondary N) is 1. The molecule has 0 spiro atoms. The highest BCUT2D eigenvalue weighted by Crippen LogP contribution is 2.41. The van der Waals surface area contributed by atoms with Crippen LogP contribution >= 0.6 is 15.9 Å². The predicted molar refractivity (Wildman–Crippen MR) is 119 cm³/mol. The highest BCUT2D eigenvalue weighted by atomic mass is 79.9. The van der Waals surface area contributed by atoms with Crippen molar-refractivity contribution in [2.45, 2.75) is 0 Å². The number of halogens is 1. The summed E-state index contributed by atoms with van der Waals surface area (Å²) in [5.41, 5.74) is 5.61. The van der Waals surface area contributed by atoms with Crippen LogP contribution in [0, 0.1) is 10.1 Å². The van der Waals surface area contributed by atoms with E-state index in [1.54, 1.807) is 12.1 Å². The number of H-pyrrole nitrogens is 1. The van der Waals surface area contributed by atoms with Gasteiger partial charge in [-0.25, -0.2) is 4.98 Å². The number of fused-ring (bicyclic) bond motifs is 3. The molecule has 0 aliphatic heterocycles. The van der Waals surface area contributed by atoms with E-state index in [2.05, 4.69) is 25.9 Å². The molecule has 0 fully saturated rings. The lowest BCUT2D eigenvalue weighted by atomic mass is 9.93. The van der Waals surface area contributed by atoms with Gasteiger partial charge in [-0.05, 0) is 29.3 Å². The lowest BCUT2D eigenvalue weighted by molar-refractivity contribution is -0.384. The average Bonchev–Trinajstić information content (AvgIpc) is 3.11. The highest BCUT2D eigenvalue weighted by Gasteiger charge is 2.19. The number of nitro groups is 1. The number of hydrogen-bond acceptors (Lipinski definition) is 3. The summed E-state index contributed by atoms with van der Waals surface area (Å²) in [6, 6.07) is 23.0. The Bertz CT molecular complexity index is 1390. The topological polar surface area (TPSA) is 71.8 Å². The van der Waals surface area contributed by atoms with Gasteiger partial charge in [-0.1, -0.05) is 58.4 Å². The third kappa shape index (κ3) is 2.98. The first kappa shape index (κ1) is 17.6. The summed E-state index contributed by atoms with van der Waals surface area (Å²) in [7, 11) is 0. The summed E-state index contributed by atoms with van der Waals surface area (Å²) in [6.07, 6.45) is 1.86. The van der Waals surface area contributed by atoms with Gasteiger partial charge in [0, 0.05) is 50.2 Å². The Kier molecular flexibility index (Phi) is 4.14. The van der Waals surface area contributed by atoms with Crippen molar-refractivity contribution >= 4 is 43.6 Å². The lowest BCUT2D eigenvalue weighted by Gasteiger charge is -2.12. The number of aromatic nitrogens is 2. The minimum atomic E-state index is -0.369. The Morgan fingerprint density at radius 2 is 1.72 bits per heavy atom. The van der Waals surface area contributed by atoms with Crippen molar-refractivity contribution in [3.8, 4) is 22.3 Å². The number of pyridine rings is 1. The smallest absolute Gasteiger partial charge is 0.270 e. The third-order valence-electron chi connectivity index (χ3n) is 5.01. The number of benzene rings is 3. The molecule has 0 bridgehead atoms. The van der Waals surface area contributed by atoms with E-state index in [-0.39, 0.29) is 10.6 Å². The highest BCUT2D eigenvalue weighted by molar-refractivity contribution is 9.10. The van der Waals surface area contributed by atoms with Gasteiger partial charge < -0.3 is 4.98 Å². The summed E-state index contributed by atoms with van der Waals surface area (Å²) < 4.78 is 0.976. The van der Waals surface area contributed by atoms with Crippen LogP contribution in [0.4, 0.5) is 5.69 Å². The van der Waals surface area contributed by atoms with Gasteiger partial charge in [0.15, 0.2) is 0 Å². The normalized spacial score (nSPS) is 11.2. The maximum atomic E-state index is 11.4. The van der Waals surface area contributed by atoms with Crippen molar-refractivity contribution in [1.82, 2.24) is 9.97 Å². The van der Waals surface area contributed by atoms with Crippen LogP contribution in [-0.2, 0) is 0 Å². The van der Waals surface area contributed by atoms with E-state index in [0.29, 0.717) is 5.65 Å². The molecule has 2 heterocycles. The molecule has 5 rings (SSSR count). The number of rotatable bonds is 3. The number of nitrogens with zero attached hydrogens (tertiary/aromatic N) is 2. The largest absolute Gasteiger partial charge is 0.339 e. The van der Waals surface area contributed by atoms with Gasteiger partial charge in [-0.15, -0.1) is 0 Å². The molecule has 140 valence electrons. The molecular weight excluding hydrogens is 430 g/mol. The summed E-state index contributed by atoms with van der Waals surface area (Å²) >= 11 is 3.55. The zero-order valence-corrected chi connectivity index (χ0v) is 16.7. The quantitative estimate of drug-likeness (QED) is 0.248. The van der Waals surface area contributed by atoms with Crippen molar-refractivity contribution < 1.29 is 4.92 Å². The molecule has 0 amide bonds. The second-order valence-electron chi connectivity index (χ2n) is 6.76. The fourth-order valence-electron chi connectivity index (χ4n) is 3.74. The maximum Gasteiger partial charge on any atom is 0.270 e. The van der Waals surface area contributed by atoms with E-state index < -0.39 is 0 Å². The van der Waals surface area contributed by atoms with Crippen molar-refractivity contribution in [2.24, 2.45) is 0 Å². The Labute approximate surface area is 174 Å². The molecule has 0 saturated carbocycles. The van der Waals surface area contributed by atoms with Crippen molar-refractivity contribution in [2.75, 3.05) is 0 Å². The number of hydrogen-bond donors (Lipinski definition) is 1. The Balaban J connectivity index is 1.94. The first-order valence-corrected chi connectivity index (χ1v) is 9.81. The van der Waals surface area contributed by atoms with Gasteiger partial charge in [0.1, 0.15) is 5.65 Å². The Morgan fingerprint density at radius 3 is 2.48 bits per heavy atom. The SMILES string of the molecule is O=[N+]([O-])c1ccc2[nH]c3ncc(-c4cccc(Br)c4)c(-c4ccccc4)c3c2c1. The van der Waals surface area contributed by atoms with Crippen LogP contribution in [-0.4, -0.2) is 14.9 Å². The molecule has 1 N–H and O–H groups in total. The zero-order chi connectivity index (χ0) is 20.0. The van der Waals surface area contributed by atoms with Crippen LogP contribution in [0.2, 0.25) is 0 Å². The standard InChI is InChI=1S/C23H14BrN3O2/c24-16-8-4-7-15(11-16)19-13-25-23-22(21(19)14-5-2-1-3-6-14)18-12-17(27(28)29)9-10-20(18)26-23/h1-13H,(H,25,26). The van der Waals surface area contributed by atoms with Gasteiger partial charge >= 0.3 is 0 Å². The first-order valence-electron chi connectivity index (χ1n) is 9.02. The van der Waals surface area contributed by atoms with E-state index >= 15 is 0 Å². The molecule has 0 radical (unpaired) electrons. The van der Waals surface area contributed by atoms with Crippen molar-refractivity contribution in [3.05, 3.63) is 93.6 Å². The van der Waals surface area contributed by atoms with Crippen LogP contribution in [0.1, 0.15) is 0 Å². The molecule has 0 aliphatic carbocycles. The molecule has 0 unspecified atom stereocenters. The average molecular weight is 444 g/mol. The van der Waals surface area contributed by atoms with E-state index in [0.717, 1.165) is 43.0 Å². The molecule has 0 saturated heterocycles. The Morgan fingerprint density at radius 1 is 0.931 bits per heavy atom. The molecule has 6 heteroatoms. The summed E-state index contributed by atoms with van der Waals surface area (Å²) in [4.78, 5) is 18.9. The second kappa shape index (κ2) is 6.83. The predicted octanol–water partition coefficient (Wildman–Crippen LogP) is 6.72. The molecular formula is C23H14BrN3O2. The number of non-ortho nitro benzene ring substituents is 1. The summed E-state index contributed by atoms with van der Waals surface area (Å²) in [6.45, 7) is 0. The van der Waals surface area contributed by atoms with E-state index in [1.807, 2.05) is 60.8 Å². The van der Waals surface area contributed by atoms with Gasteiger partial charge in [-0.2, -0.15) is 0 Å². The third-order valence-corrected chi connectivity index (χ3v) is 5.51. The van der Waals surface area contributed by atoms with Crippen LogP contribution < -0.4 is 0 Å². The molecule has 5 aromatic rings. The molecule has 0 atom stereocenters. The lowest BCUT2D eigenvalue weighted by Crippen LogP contribution is -1.90. The van der Waals surface area contributed by atoms with Gasteiger partial charge in [-0.3, -0.25) is 10.1 Å². The van der Waals surface area contributed by atoms with Crippen molar-refractivity contribution in [3.63, 3.8) is 0 Å². The number of nitro benzene ring substituents is 1. The molecule has 0 aliphatic rings. The van der Waals surface area contributed by atoms with Gasteiger partial charge in [0.25, 0.3) is 5.69 Å². The molecule has 5 nitrogen and oxygen atoms in total. The minimum Gasteiger partial charge on any atom is -0.339 e. The van der Waals surface area contributed by atoms with Gasteiger partial charge in [0.05, 0.1) is 4.92 Å². The van der Waals surface area contributed by atoms with E-state index in [4.69, 9.17) is 0 Å².